The van der Waals surface area contributed by atoms with E-state index in [-0.39, 0.29) is 17.8 Å². The highest BCUT2D eigenvalue weighted by Crippen LogP contribution is 2.47. The number of benzene rings is 2. The summed E-state index contributed by atoms with van der Waals surface area (Å²) in [6, 6.07) is 8.70. The second-order valence-electron chi connectivity index (χ2n) is 6.62. The van der Waals surface area contributed by atoms with E-state index in [2.05, 4.69) is 5.32 Å². The van der Waals surface area contributed by atoms with Crippen LogP contribution >= 0.6 is 11.6 Å². The standard InChI is InChI=1S/C18H16ClN3O5/c1-18-9-14(12-7-11(22(24)25)4-5-15(12)27-18)20-17(23)21(18)10-3-6-16(26-2)13(19)8-10/h3-8,14H,9H2,1-2H3,(H,20,23)/t14-,18+/m0/s1. The summed E-state index contributed by atoms with van der Waals surface area (Å²) < 4.78 is 11.3. The zero-order valence-corrected chi connectivity index (χ0v) is 15.3. The number of methoxy groups -OCH3 is 1. The van der Waals surface area contributed by atoms with Gasteiger partial charge in [-0.2, -0.15) is 0 Å². The SMILES string of the molecule is COc1ccc(N2C(=O)N[C@H]3C[C@@]2(C)Oc2ccc([N+](=O)[O-])cc23)cc1Cl. The molecule has 4 rings (SSSR count). The molecule has 9 heteroatoms. The van der Waals surface area contributed by atoms with Gasteiger partial charge in [-0.15, -0.1) is 0 Å². The lowest BCUT2D eigenvalue weighted by Gasteiger charge is -2.50. The molecule has 8 nitrogen and oxygen atoms in total. The van der Waals surface area contributed by atoms with Crippen molar-refractivity contribution >= 4 is 29.0 Å². The van der Waals surface area contributed by atoms with Crippen LogP contribution in [-0.4, -0.2) is 23.8 Å². The number of hydrogen-bond donors (Lipinski definition) is 1. The monoisotopic (exact) mass is 389 g/mol. The Morgan fingerprint density at radius 1 is 1.37 bits per heavy atom. The fourth-order valence-electron chi connectivity index (χ4n) is 3.66. The number of hydrogen-bond acceptors (Lipinski definition) is 5. The third kappa shape index (κ3) is 2.73. The number of amides is 2. The highest BCUT2D eigenvalue weighted by atomic mass is 35.5. The molecule has 2 aliphatic rings. The van der Waals surface area contributed by atoms with E-state index in [9.17, 15) is 14.9 Å². The highest BCUT2D eigenvalue weighted by molar-refractivity contribution is 6.32. The Kier molecular flexibility index (Phi) is 3.88. The number of fused-ring (bicyclic) bond motifs is 4. The van der Waals surface area contributed by atoms with E-state index in [1.807, 2.05) is 0 Å². The van der Waals surface area contributed by atoms with Crippen LogP contribution in [0, 0.1) is 10.1 Å². The van der Waals surface area contributed by atoms with E-state index in [0.29, 0.717) is 34.2 Å². The van der Waals surface area contributed by atoms with Gasteiger partial charge in [-0.3, -0.25) is 15.0 Å². The molecule has 1 N–H and O–H groups in total. The van der Waals surface area contributed by atoms with Crippen LogP contribution in [0.3, 0.4) is 0 Å². The fraction of sp³-hybridized carbons (Fsp3) is 0.278. The van der Waals surface area contributed by atoms with Gasteiger partial charge in [0.1, 0.15) is 11.5 Å². The smallest absolute Gasteiger partial charge is 0.325 e. The van der Waals surface area contributed by atoms with E-state index in [0.717, 1.165) is 0 Å². The van der Waals surface area contributed by atoms with Crippen LogP contribution in [0.2, 0.25) is 5.02 Å². The van der Waals surface area contributed by atoms with Gasteiger partial charge < -0.3 is 14.8 Å². The number of rotatable bonds is 3. The Hall–Kier alpha value is -3.00. The summed E-state index contributed by atoms with van der Waals surface area (Å²) in [6.07, 6.45) is 0.427. The Morgan fingerprint density at radius 2 is 2.15 bits per heavy atom. The number of halogens is 1. The second-order valence-corrected chi connectivity index (χ2v) is 7.02. The van der Waals surface area contributed by atoms with E-state index < -0.39 is 10.6 Å². The molecule has 2 atom stereocenters. The molecule has 0 aromatic heterocycles. The van der Waals surface area contributed by atoms with Crippen molar-refractivity contribution in [1.82, 2.24) is 5.32 Å². The first kappa shape index (κ1) is 17.4. The van der Waals surface area contributed by atoms with Gasteiger partial charge in [-0.05, 0) is 31.2 Å². The van der Waals surface area contributed by atoms with Crippen LogP contribution in [0.5, 0.6) is 11.5 Å². The van der Waals surface area contributed by atoms with Crippen molar-refractivity contribution in [2.75, 3.05) is 12.0 Å². The van der Waals surface area contributed by atoms with Gasteiger partial charge in [-0.1, -0.05) is 11.6 Å². The Morgan fingerprint density at radius 3 is 2.81 bits per heavy atom. The van der Waals surface area contributed by atoms with Crippen molar-refractivity contribution in [2.45, 2.75) is 25.1 Å². The quantitative estimate of drug-likeness (QED) is 0.631. The molecule has 1 saturated heterocycles. The predicted octanol–water partition coefficient (Wildman–Crippen LogP) is 4.03. The van der Waals surface area contributed by atoms with Crippen molar-refractivity contribution in [1.29, 1.82) is 0 Å². The lowest BCUT2D eigenvalue weighted by atomic mass is 9.90. The second kappa shape index (κ2) is 6.02. The third-order valence-electron chi connectivity index (χ3n) is 4.86. The number of carbonyl (C=O) groups is 1. The number of ether oxygens (including phenoxy) is 2. The zero-order valence-electron chi connectivity index (χ0n) is 14.6. The highest BCUT2D eigenvalue weighted by Gasteiger charge is 2.50. The number of non-ortho nitro benzene ring substituents is 1. The predicted molar refractivity (Wildman–Crippen MR) is 98.5 cm³/mol. The summed E-state index contributed by atoms with van der Waals surface area (Å²) in [5, 5.41) is 14.3. The van der Waals surface area contributed by atoms with Gasteiger partial charge in [-0.25, -0.2) is 4.79 Å². The fourth-order valence-corrected chi connectivity index (χ4v) is 3.91. The topological polar surface area (TPSA) is 93.9 Å². The summed E-state index contributed by atoms with van der Waals surface area (Å²) >= 11 is 6.22. The molecule has 1 fully saturated rings. The number of nitro groups is 1. The van der Waals surface area contributed by atoms with Crippen molar-refractivity contribution in [3.63, 3.8) is 0 Å². The maximum absolute atomic E-state index is 12.8. The van der Waals surface area contributed by atoms with Crippen LogP contribution in [-0.2, 0) is 0 Å². The number of urea groups is 1. The Bertz CT molecular complexity index is 966. The molecular formula is C18H16ClN3O5. The number of anilines is 1. The van der Waals surface area contributed by atoms with Crippen LogP contribution in [0.1, 0.15) is 24.9 Å². The van der Waals surface area contributed by atoms with Crippen molar-refractivity contribution in [3.8, 4) is 11.5 Å². The van der Waals surface area contributed by atoms with Gasteiger partial charge >= 0.3 is 6.03 Å². The van der Waals surface area contributed by atoms with Crippen molar-refractivity contribution in [3.05, 3.63) is 57.1 Å². The summed E-state index contributed by atoms with van der Waals surface area (Å²) in [7, 11) is 1.51. The molecule has 2 aliphatic heterocycles. The normalized spacial score (nSPS) is 23.1. The average Bonchev–Trinajstić information content (AvgIpc) is 2.60. The molecule has 0 unspecified atom stereocenters. The van der Waals surface area contributed by atoms with Gasteiger partial charge in [0, 0.05) is 24.1 Å². The van der Waals surface area contributed by atoms with Gasteiger partial charge in [0.05, 0.1) is 28.8 Å². The van der Waals surface area contributed by atoms with E-state index >= 15 is 0 Å². The van der Waals surface area contributed by atoms with Crippen LogP contribution < -0.4 is 19.7 Å². The summed E-state index contributed by atoms with van der Waals surface area (Å²) in [6.45, 7) is 1.81. The molecule has 2 aromatic carbocycles. The zero-order chi connectivity index (χ0) is 19.3. The summed E-state index contributed by atoms with van der Waals surface area (Å²) in [4.78, 5) is 24.9. The van der Waals surface area contributed by atoms with Gasteiger partial charge in [0.25, 0.3) is 5.69 Å². The minimum Gasteiger partial charge on any atom is -0.495 e. The summed E-state index contributed by atoms with van der Waals surface area (Å²) in [5.74, 6) is 1.01. The Labute approximate surface area is 159 Å². The van der Waals surface area contributed by atoms with Crippen LogP contribution in [0.4, 0.5) is 16.2 Å². The van der Waals surface area contributed by atoms with Crippen LogP contribution in [0.25, 0.3) is 0 Å². The van der Waals surface area contributed by atoms with Crippen LogP contribution in [0.15, 0.2) is 36.4 Å². The molecule has 0 radical (unpaired) electrons. The molecule has 140 valence electrons. The maximum atomic E-state index is 12.8. The lowest BCUT2D eigenvalue weighted by Crippen LogP contribution is -2.65. The van der Waals surface area contributed by atoms with Crippen molar-refractivity contribution < 1.29 is 19.2 Å². The largest absolute Gasteiger partial charge is 0.495 e. The minimum absolute atomic E-state index is 0.0421. The molecule has 0 spiro atoms. The first-order valence-corrected chi connectivity index (χ1v) is 8.62. The first-order chi connectivity index (χ1) is 12.8. The average molecular weight is 390 g/mol. The van der Waals surface area contributed by atoms with Crippen molar-refractivity contribution in [2.24, 2.45) is 0 Å². The van der Waals surface area contributed by atoms with E-state index in [1.165, 1.54) is 24.1 Å². The van der Waals surface area contributed by atoms with Gasteiger partial charge in [0.2, 0.25) is 0 Å². The van der Waals surface area contributed by atoms with E-state index in [4.69, 9.17) is 21.1 Å². The first-order valence-electron chi connectivity index (χ1n) is 8.24. The minimum atomic E-state index is -0.964. The molecule has 0 aliphatic carbocycles. The van der Waals surface area contributed by atoms with E-state index in [1.54, 1.807) is 31.2 Å². The maximum Gasteiger partial charge on any atom is 0.325 e. The molecule has 2 heterocycles. The molecule has 2 bridgehead atoms. The van der Waals surface area contributed by atoms with Gasteiger partial charge in [0.15, 0.2) is 5.72 Å². The number of nitro benzene ring substituents is 1. The molecular weight excluding hydrogens is 374 g/mol. The number of nitrogens with one attached hydrogen (secondary N) is 1. The molecule has 27 heavy (non-hydrogen) atoms. The molecule has 0 saturated carbocycles. The number of carbonyl (C=O) groups excluding carboxylic acids is 1. The lowest BCUT2D eigenvalue weighted by molar-refractivity contribution is -0.385. The summed E-state index contributed by atoms with van der Waals surface area (Å²) in [5.41, 5.74) is 0.153. The molecule has 2 aromatic rings. The molecule has 2 amide bonds. The third-order valence-corrected chi connectivity index (χ3v) is 5.16. The Balaban J connectivity index is 1.76. The number of nitrogens with zero attached hydrogens (tertiary/aromatic N) is 2.